The van der Waals surface area contributed by atoms with Gasteiger partial charge in [-0.05, 0) is 30.7 Å². The van der Waals surface area contributed by atoms with Gasteiger partial charge in [0.1, 0.15) is 0 Å². The number of aromatic nitrogens is 2. The van der Waals surface area contributed by atoms with Gasteiger partial charge in [0.2, 0.25) is 0 Å². The Morgan fingerprint density at radius 1 is 1.07 bits per heavy atom. The van der Waals surface area contributed by atoms with Gasteiger partial charge in [-0.2, -0.15) is 5.10 Å². The van der Waals surface area contributed by atoms with Gasteiger partial charge in [0.25, 0.3) is 0 Å². The Balaban J connectivity index is 0.00000256. The van der Waals surface area contributed by atoms with Crippen LogP contribution >= 0.6 is 24.0 Å². The maximum atomic E-state index is 6.29. The molecule has 0 saturated carbocycles. The van der Waals surface area contributed by atoms with Gasteiger partial charge in [-0.15, -0.1) is 12.4 Å². The zero-order valence-electron chi connectivity index (χ0n) is 17.6. The number of halogens is 2. The molecule has 162 valence electrons. The molecule has 1 aromatic heterocycles. The predicted molar refractivity (Wildman–Crippen MR) is 125 cm³/mol. The van der Waals surface area contributed by atoms with E-state index >= 15 is 0 Å². The van der Waals surface area contributed by atoms with Gasteiger partial charge in [0.15, 0.2) is 11.5 Å². The minimum Gasteiger partial charge on any atom is -0.493 e. The van der Waals surface area contributed by atoms with Crippen LogP contribution in [0.1, 0.15) is 11.3 Å². The lowest BCUT2D eigenvalue weighted by molar-refractivity contribution is 0.260. The number of fused-ring (bicyclic) bond motifs is 1. The number of nitrogens with zero attached hydrogens (tertiary/aromatic N) is 3. The number of anilines is 1. The highest BCUT2D eigenvalue weighted by Crippen LogP contribution is 2.33. The maximum absolute atomic E-state index is 6.29. The molecule has 8 heteroatoms. The average Bonchev–Trinajstić information content (AvgIpc) is 3.15. The highest BCUT2D eigenvalue weighted by molar-refractivity contribution is 6.31. The number of ether oxygens (including phenoxy) is 2. The Kier molecular flexibility index (Phi) is 7.34. The van der Waals surface area contributed by atoms with Crippen molar-refractivity contribution < 1.29 is 9.47 Å². The highest BCUT2D eigenvalue weighted by Gasteiger charge is 2.20. The summed E-state index contributed by atoms with van der Waals surface area (Å²) in [6.07, 6.45) is 0.919. The topological polar surface area (TPSA) is 53.6 Å². The largest absolute Gasteiger partial charge is 0.493 e. The highest BCUT2D eigenvalue weighted by atomic mass is 35.5. The van der Waals surface area contributed by atoms with Crippen molar-refractivity contribution >= 4 is 40.6 Å². The summed E-state index contributed by atoms with van der Waals surface area (Å²) in [4.78, 5) is 4.93. The van der Waals surface area contributed by atoms with Crippen LogP contribution in [-0.2, 0) is 6.42 Å². The average molecular weight is 451 g/mol. The molecule has 0 radical (unpaired) electrons. The van der Waals surface area contributed by atoms with Gasteiger partial charge in [-0.1, -0.05) is 17.7 Å². The van der Waals surface area contributed by atoms with Crippen LogP contribution in [0, 0.1) is 6.92 Å². The second-order valence-electron chi connectivity index (χ2n) is 7.39. The van der Waals surface area contributed by atoms with Gasteiger partial charge < -0.3 is 14.4 Å². The molecule has 6 nitrogen and oxygen atoms in total. The molecule has 1 saturated heterocycles. The van der Waals surface area contributed by atoms with E-state index in [9.17, 15) is 0 Å². The second-order valence-corrected chi connectivity index (χ2v) is 7.80. The fraction of sp³-hybridized carbons (Fsp3) is 0.409. The van der Waals surface area contributed by atoms with Crippen molar-refractivity contribution in [1.82, 2.24) is 15.1 Å². The lowest BCUT2D eigenvalue weighted by Crippen LogP contribution is -2.47. The van der Waals surface area contributed by atoms with Gasteiger partial charge >= 0.3 is 0 Å². The SMILES string of the molecule is COc1cc2n[nH]c(CCN3CCN(c4cccc(Cl)c4C)CC3)c2cc1OC.Cl. The van der Waals surface area contributed by atoms with Gasteiger partial charge in [0, 0.05) is 67.0 Å². The third kappa shape index (κ3) is 4.46. The Bertz CT molecular complexity index is 1000. The molecule has 1 aliphatic rings. The van der Waals surface area contributed by atoms with Crippen LogP contribution in [0.4, 0.5) is 5.69 Å². The summed E-state index contributed by atoms with van der Waals surface area (Å²) in [5.41, 5.74) is 4.45. The van der Waals surface area contributed by atoms with Gasteiger partial charge in [-0.25, -0.2) is 0 Å². The maximum Gasteiger partial charge on any atom is 0.162 e. The van der Waals surface area contributed by atoms with Crippen LogP contribution in [0.15, 0.2) is 30.3 Å². The molecule has 0 spiro atoms. The van der Waals surface area contributed by atoms with Gasteiger partial charge in [-0.3, -0.25) is 10.00 Å². The molecule has 0 amide bonds. The summed E-state index contributed by atoms with van der Waals surface area (Å²) in [7, 11) is 3.30. The van der Waals surface area contributed by atoms with Gasteiger partial charge in [0.05, 0.1) is 19.7 Å². The molecule has 0 bridgehead atoms. The van der Waals surface area contributed by atoms with Crippen LogP contribution in [0.25, 0.3) is 10.9 Å². The Hall–Kier alpha value is -2.15. The lowest BCUT2D eigenvalue weighted by Gasteiger charge is -2.36. The molecule has 0 unspecified atom stereocenters. The quantitative estimate of drug-likeness (QED) is 0.605. The Labute approximate surface area is 188 Å². The van der Waals surface area contributed by atoms with Crippen LogP contribution in [-0.4, -0.2) is 62.0 Å². The second kappa shape index (κ2) is 9.77. The van der Waals surface area contributed by atoms with E-state index in [0.717, 1.165) is 72.1 Å². The standard InChI is InChI=1S/C22H27ClN4O2.ClH/c1-15-17(23)5-4-6-20(15)27-11-9-26(10-12-27)8-7-18-16-13-21(28-2)22(29-3)14-19(16)25-24-18;/h4-6,13-14H,7-12H2,1-3H3,(H,24,25);1H. The first-order chi connectivity index (χ1) is 14.1. The summed E-state index contributed by atoms with van der Waals surface area (Å²) >= 11 is 6.29. The van der Waals surface area contributed by atoms with Crippen molar-refractivity contribution in [2.24, 2.45) is 0 Å². The van der Waals surface area contributed by atoms with E-state index in [2.05, 4.69) is 33.0 Å². The fourth-order valence-corrected chi connectivity index (χ4v) is 4.17. The number of nitrogens with one attached hydrogen (secondary N) is 1. The summed E-state index contributed by atoms with van der Waals surface area (Å²) < 4.78 is 10.8. The first kappa shape index (κ1) is 22.5. The van der Waals surface area contributed by atoms with Crippen molar-refractivity contribution in [2.75, 3.05) is 51.8 Å². The zero-order chi connectivity index (χ0) is 20.4. The van der Waals surface area contributed by atoms with E-state index in [4.69, 9.17) is 21.1 Å². The summed E-state index contributed by atoms with van der Waals surface area (Å²) in [6.45, 7) is 7.18. The van der Waals surface area contributed by atoms with E-state index < -0.39 is 0 Å². The predicted octanol–water partition coefficient (Wildman–Crippen LogP) is 4.33. The third-order valence-corrected chi connectivity index (χ3v) is 6.18. The van der Waals surface area contributed by atoms with E-state index in [1.807, 2.05) is 24.3 Å². The zero-order valence-corrected chi connectivity index (χ0v) is 19.1. The minimum absolute atomic E-state index is 0. The number of rotatable bonds is 6. The molecular weight excluding hydrogens is 423 g/mol. The van der Waals surface area contributed by atoms with Crippen LogP contribution in [0.3, 0.4) is 0 Å². The number of hydrogen-bond acceptors (Lipinski definition) is 5. The van der Waals surface area contributed by atoms with Crippen LogP contribution < -0.4 is 14.4 Å². The fourth-order valence-electron chi connectivity index (χ4n) is 4.00. The molecule has 1 fully saturated rings. The first-order valence-corrected chi connectivity index (χ1v) is 10.3. The molecule has 0 aliphatic carbocycles. The van der Waals surface area contributed by atoms with Crippen molar-refractivity contribution in [3.63, 3.8) is 0 Å². The molecule has 2 aromatic carbocycles. The summed E-state index contributed by atoms with van der Waals surface area (Å²) in [5, 5.41) is 9.56. The summed E-state index contributed by atoms with van der Waals surface area (Å²) in [5.74, 6) is 1.43. The molecular formula is C22H28Cl2N4O2. The molecule has 1 aliphatic heterocycles. The van der Waals surface area contributed by atoms with Crippen LogP contribution in [0.2, 0.25) is 5.02 Å². The molecule has 30 heavy (non-hydrogen) atoms. The normalized spacial score (nSPS) is 14.6. The Morgan fingerprint density at radius 3 is 2.47 bits per heavy atom. The molecule has 0 atom stereocenters. The monoisotopic (exact) mass is 450 g/mol. The van der Waals surface area contributed by atoms with Crippen molar-refractivity contribution in [3.05, 3.63) is 46.6 Å². The first-order valence-electron chi connectivity index (χ1n) is 9.92. The number of H-pyrrole nitrogens is 1. The Morgan fingerprint density at radius 2 is 1.77 bits per heavy atom. The van der Waals surface area contributed by atoms with Crippen molar-refractivity contribution in [3.8, 4) is 11.5 Å². The van der Waals surface area contributed by atoms with Crippen molar-refractivity contribution in [2.45, 2.75) is 13.3 Å². The lowest BCUT2D eigenvalue weighted by atomic mass is 10.1. The molecule has 4 rings (SSSR count). The van der Waals surface area contributed by atoms with E-state index in [1.165, 1.54) is 5.69 Å². The number of aromatic amines is 1. The number of methoxy groups -OCH3 is 2. The smallest absolute Gasteiger partial charge is 0.162 e. The van der Waals surface area contributed by atoms with E-state index in [1.54, 1.807) is 14.2 Å². The van der Waals surface area contributed by atoms with Crippen molar-refractivity contribution in [1.29, 1.82) is 0 Å². The number of hydrogen-bond donors (Lipinski definition) is 1. The van der Waals surface area contributed by atoms with Crippen LogP contribution in [0.5, 0.6) is 11.5 Å². The summed E-state index contributed by atoms with van der Waals surface area (Å²) in [6, 6.07) is 10.1. The van der Waals surface area contributed by atoms with E-state index in [-0.39, 0.29) is 12.4 Å². The number of piperazine rings is 1. The third-order valence-electron chi connectivity index (χ3n) is 5.77. The molecule has 3 aromatic rings. The molecule has 2 heterocycles. The number of benzene rings is 2. The van der Waals surface area contributed by atoms with E-state index in [0.29, 0.717) is 5.75 Å². The minimum atomic E-state index is 0. The molecule has 1 N–H and O–H groups in total.